The average molecular weight is 348 g/mol. The van der Waals surface area contributed by atoms with Crippen molar-refractivity contribution in [3.63, 3.8) is 0 Å². The predicted octanol–water partition coefficient (Wildman–Crippen LogP) is 2.93. The molecule has 2 aromatic heterocycles. The minimum Gasteiger partial charge on any atom is -0.354 e. The van der Waals surface area contributed by atoms with E-state index in [1.54, 1.807) is 12.3 Å². The van der Waals surface area contributed by atoms with Gasteiger partial charge < -0.3 is 10.3 Å². The quantitative estimate of drug-likeness (QED) is 0.530. The van der Waals surface area contributed by atoms with Crippen LogP contribution in [0.5, 0.6) is 0 Å². The Bertz CT molecular complexity index is 898. The van der Waals surface area contributed by atoms with Gasteiger partial charge in [-0.25, -0.2) is 9.71 Å². The van der Waals surface area contributed by atoms with Crippen LogP contribution in [0, 0.1) is 0 Å². The Kier molecular flexibility index (Phi) is 4.82. The zero-order chi connectivity index (χ0) is 16.2. The fourth-order valence-corrected chi connectivity index (χ4v) is 2.71. The predicted molar refractivity (Wildman–Crippen MR) is 95.7 cm³/mol. The SMILES string of the molecule is NSNCc1ccc(Nc2ccnc3[nH]c(=O)ccc23)c(Cl)c1. The molecule has 6 nitrogen and oxygen atoms in total. The van der Waals surface area contributed by atoms with Crippen LogP contribution in [0.4, 0.5) is 11.4 Å². The van der Waals surface area contributed by atoms with Gasteiger partial charge in [-0.05, 0) is 29.8 Å². The van der Waals surface area contributed by atoms with Gasteiger partial charge in [-0.3, -0.25) is 9.93 Å². The number of halogens is 1. The van der Waals surface area contributed by atoms with Crippen molar-refractivity contribution in [1.82, 2.24) is 14.7 Å². The van der Waals surface area contributed by atoms with Gasteiger partial charge >= 0.3 is 0 Å². The van der Waals surface area contributed by atoms with Crippen molar-refractivity contribution >= 4 is 46.1 Å². The maximum atomic E-state index is 11.4. The molecule has 0 unspecified atom stereocenters. The highest BCUT2D eigenvalue weighted by Gasteiger charge is 2.06. The van der Waals surface area contributed by atoms with E-state index in [1.807, 2.05) is 24.3 Å². The summed E-state index contributed by atoms with van der Waals surface area (Å²) in [7, 11) is 0. The van der Waals surface area contributed by atoms with Crippen LogP contribution in [0.2, 0.25) is 5.02 Å². The lowest BCUT2D eigenvalue weighted by molar-refractivity contribution is 0.978. The summed E-state index contributed by atoms with van der Waals surface area (Å²) in [4.78, 5) is 18.2. The first-order chi connectivity index (χ1) is 11.2. The maximum absolute atomic E-state index is 11.4. The third kappa shape index (κ3) is 3.65. The number of hydrogen-bond donors (Lipinski definition) is 4. The number of anilines is 2. The van der Waals surface area contributed by atoms with E-state index in [0.717, 1.165) is 34.5 Å². The lowest BCUT2D eigenvalue weighted by atomic mass is 10.2. The maximum Gasteiger partial charge on any atom is 0.249 e. The second kappa shape index (κ2) is 7.01. The molecule has 0 fully saturated rings. The Morgan fingerprint density at radius 3 is 2.87 bits per heavy atom. The monoisotopic (exact) mass is 347 g/mol. The number of nitrogens with two attached hydrogens (primary N) is 1. The largest absolute Gasteiger partial charge is 0.354 e. The van der Waals surface area contributed by atoms with E-state index in [2.05, 4.69) is 20.0 Å². The molecule has 3 aromatic rings. The number of aromatic nitrogens is 2. The molecule has 5 N–H and O–H groups in total. The lowest BCUT2D eigenvalue weighted by Crippen LogP contribution is -2.06. The second-order valence-corrected chi connectivity index (χ2v) is 5.75. The van der Waals surface area contributed by atoms with Crippen molar-refractivity contribution in [2.45, 2.75) is 6.54 Å². The Morgan fingerprint density at radius 1 is 1.22 bits per heavy atom. The minimum atomic E-state index is -0.185. The molecule has 0 saturated heterocycles. The Balaban J connectivity index is 1.91. The summed E-state index contributed by atoms with van der Waals surface area (Å²) in [6.07, 6.45) is 1.63. The Morgan fingerprint density at radius 2 is 2.09 bits per heavy atom. The van der Waals surface area contributed by atoms with Gasteiger partial charge in [0.15, 0.2) is 0 Å². The highest BCUT2D eigenvalue weighted by Crippen LogP contribution is 2.29. The molecule has 0 radical (unpaired) electrons. The van der Waals surface area contributed by atoms with Gasteiger partial charge in [0, 0.05) is 36.3 Å². The van der Waals surface area contributed by atoms with Gasteiger partial charge in [-0.2, -0.15) is 0 Å². The molecular weight excluding hydrogens is 334 g/mol. The first kappa shape index (κ1) is 15.8. The molecule has 23 heavy (non-hydrogen) atoms. The molecule has 0 aliphatic carbocycles. The molecule has 3 rings (SSSR count). The third-order valence-electron chi connectivity index (χ3n) is 3.30. The van der Waals surface area contributed by atoms with Crippen molar-refractivity contribution in [3.8, 4) is 0 Å². The fourth-order valence-electron chi connectivity index (χ4n) is 2.21. The van der Waals surface area contributed by atoms with Gasteiger partial charge in [-0.15, -0.1) is 0 Å². The number of fused-ring (bicyclic) bond motifs is 1. The summed E-state index contributed by atoms with van der Waals surface area (Å²) in [5, 5.41) is 10.0. The molecule has 0 amide bonds. The van der Waals surface area contributed by atoms with Gasteiger partial charge in [0.25, 0.3) is 0 Å². The molecule has 1 aromatic carbocycles. The minimum absolute atomic E-state index is 0.185. The molecule has 0 aliphatic heterocycles. The Hall–Kier alpha value is -2.06. The molecule has 0 aliphatic rings. The summed E-state index contributed by atoms with van der Waals surface area (Å²) in [6, 6.07) is 10.8. The molecule has 0 saturated carbocycles. The topological polar surface area (TPSA) is 95.8 Å². The molecule has 8 heteroatoms. The number of nitrogens with one attached hydrogen (secondary N) is 3. The molecule has 2 heterocycles. The lowest BCUT2D eigenvalue weighted by Gasteiger charge is -2.12. The smallest absolute Gasteiger partial charge is 0.249 e. The second-order valence-electron chi connectivity index (χ2n) is 4.82. The zero-order valence-electron chi connectivity index (χ0n) is 12.0. The number of hydrogen-bond acceptors (Lipinski definition) is 6. The molecule has 118 valence electrons. The highest BCUT2D eigenvalue weighted by molar-refractivity contribution is 7.95. The van der Waals surface area contributed by atoms with Crippen LogP contribution in [0.25, 0.3) is 11.0 Å². The summed E-state index contributed by atoms with van der Waals surface area (Å²) in [6.45, 7) is 0.626. The van der Waals surface area contributed by atoms with Crippen molar-refractivity contribution in [2.24, 2.45) is 5.14 Å². The molecule has 0 atom stereocenters. The van der Waals surface area contributed by atoms with Crippen LogP contribution in [0.15, 0.2) is 47.4 Å². The van der Waals surface area contributed by atoms with E-state index in [1.165, 1.54) is 6.07 Å². The normalized spacial score (nSPS) is 10.9. The number of benzene rings is 1. The number of rotatable bonds is 5. The van der Waals surface area contributed by atoms with Gasteiger partial charge in [0.05, 0.1) is 16.4 Å². The standard InChI is InChI=1S/C15H14ClN5OS/c16-11-7-9(8-19-23-17)1-3-13(11)20-12-5-6-18-15-10(12)2-4-14(22)21-15/h1-7,19H,8,17H2,(H2,18,20,21,22). The van der Waals surface area contributed by atoms with Gasteiger partial charge in [0.1, 0.15) is 5.65 Å². The van der Waals surface area contributed by atoms with Crippen LogP contribution in [0.1, 0.15) is 5.56 Å². The van der Waals surface area contributed by atoms with Crippen molar-refractivity contribution in [1.29, 1.82) is 0 Å². The first-order valence-corrected chi connectivity index (χ1v) is 8.05. The van der Waals surface area contributed by atoms with Crippen LogP contribution in [-0.4, -0.2) is 9.97 Å². The molecule has 0 bridgehead atoms. The fraction of sp³-hybridized carbons (Fsp3) is 0.0667. The van der Waals surface area contributed by atoms with Crippen LogP contribution in [0.3, 0.4) is 0 Å². The van der Waals surface area contributed by atoms with Gasteiger partial charge in [-0.1, -0.05) is 17.7 Å². The summed E-state index contributed by atoms with van der Waals surface area (Å²) in [5.41, 5.74) is 2.96. The summed E-state index contributed by atoms with van der Waals surface area (Å²) in [5.74, 6) is 0. The number of pyridine rings is 2. The molecule has 0 spiro atoms. The van der Waals surface area contributed by atoms with Crippen molar-refractivity contribution in [2.75, 3.05) is 5.32 Å². The van der Waals surface area contributed by atoms with E-state index in [-0.39, 0.29) is 5.56 Å². The number of H-pyrrole nitrogens is 1. The first-order valence-electron chi connectivity index (χ1n) is 6.79. The van der Waals surface area contributed by atoms with E-state index >= 15 is 0 Å². The van der Waals surface area contributed by atoms with E-state index in [4.69, 9.17) is 16.7 Å². The van der Waals surface area contributed by atoms with Crippen molar-refractivity contribution < 1.29 is 0 Å². The summed E-state index contributed by atoms with van der Waals surface area (Å²) >= 11 is 7.40. The number of nitrogens with zero attached hydrogens (tertiary/aromatic N) is 1. The van der Waals surface area contributed by atoms with E-state index in [9.17, 15) is 4.79 Å². The third-order valence-corrected chi connectivity index (χ3v) is 3.92. The van der Waals surface area contributed by atoms with Crippen LogP contribution >= 0.6 is 23.7 Å². The van der Waals surface area contributed by atoms with E-state index in [0.29, 0.717) is 17.2 Å². The highest BCUT2D eigenvalue weighted by atomic mass is 35.5. The molecular formula is C15H14ClN5OS. The van der Waals surface area contributed by atoms with Gasteiger partial charge in [0.2, 0.25) is 5.56 Å². The van der Waals surface area contributed by atoms with Crippen LogP contribution in [-0.2, 0) is 6.54 Å². The van der Waals surface area contributed by atoms with Crippen molar-refractivity contribution in [3.05, 3.63) is 63.5 Å². The van der Waals surface area contributed by atoms with E-state index < -0.39 is 0 Å². The average Bonchev–Trinajstić information content (AvgIpc) is 2.55. The zero-order valence-corrected chi connectivity index (χ0v) is 13.5. The number of aromatic amines is 1. The summed E-state index contributed by atoms with van der Waals surface area (Å²) < 4.78 is 2.96. The van der Waals surface area contributed by atoms with Crippen LogP contribution < -0.4 is 20.7 Å². The Labute approximate surface area is 141 Å².